The SMILES string of the molecule is CCCCCC1(C)CCC(C)(C)c2cc3c(cc21)[n+](CC[n+]1cn(-c2ccc4c(c2)C(C)(C)C(C)(C)C4(C)C)c2cc4c(cc21)C(C)(CCCCC)CCC4(C)C)cn3-c1ccc2c(c1)C(C)(C)C(C)(C)C2(C)C. The Bertz CT molecular complexity index is 2970. The van der Waals surface area contributed by atoms with Crippen LogP contribution in [-0.4, -0.2) is 9.13 Å². The van der Waals surface area contributed by atoms with Crippen LogP contribution in [0.2, 0.25) is 0 Å². The predicted octanol–water partition coefficient (Wildman–Crippen LogP) is 17.9. The fraction of sp³-hybridized carbons (Fsp3) is 0.629. The molecule has 2 unspecified atom stereocenters. The van der Waals surface area contributed by atoms with Crippen molar-refractivity contribution in [3.63, 3.8) is 0 Å². The van der Waals surface area contributed by atoms with Gasteiger partial charge in [0.1, 0.15) is 24.5 Å². The van der Waals surface area contributed by atoms with Gasteiger partial charge in [-0.2, -0.15) is 9.13 Å². The van der Waals surface area contributed by atoms with Gasteiger partial charge in [0.2, 0.25) is 12.7 Å². The zero-order chi connectivity index (χ0) is 53.8. The molecule has 2 heterocycles. The molecule has 4 aliphatic carbocycles. The molecule has 2 aromatic heterocycles. The summed E-state index contributed by atoms with van der Waals surface area (Å²) in [6, 6.07) is 25.6. The molecule has 10 rings (SSSR count). The second-order valence-electron chi connectivity index (χ2n) is 30.1. The van der Waals surface area contributed by atoms with Crippen LogP contribution in [0.4, 0.5) is 0 Å². The Morgan fingerprint density at radius 2 is 0.730 bits per heavy atom. The quantitative estimate of drug-likeness (QED) is 0.0811. The van der Waals surface area contributed by atoms with Crippen LogP contribution < -0.4 is 9.13 Å². The molecule has 4 nitrogen and oxygen atoms in total. The molecule has 74 heavy (non-hydrogen) atoms. The predicted molar refractivity (Wildman–Crippen MR) is 314 cm³/mol. The summed E-state index contributed by atoms with van der Waals surface area (Å²) < 4.78 is 10.4. The highest BCUT2D eigenvalue weighted by atomic mass is 15.2. The third kappa shape index (κ3) is 7.51. The Morgan fingerprint density at radius 1 is 0.378 bits per heavy atom. The van der Waals surface area contributed by atoms with Gasteiger partial charge in [-0.25, -0.2) is 9.13 Å². The van der Waals surface area contributed by atoms with Crippen LogP contribution in [0.25, 0.3) is 33.4 Å². The van der Waals surface area contributed by atoms with E-state index in [0.29, 0.717) is 0 Å². The number of hydrogen-bond donors (Lipinski definition) is 0. The minimum atomic E-state index is 0.0224. The molecule has 0 N–H and O–H groups in total. The molecule has 0 saturated carbocycles. The number of aryl methyl sites for hydroxylation is 2. The standard InChI is InChI=1S/C70H100N4/c1-21-23-25-31-69(19)35-33-61(3,4)51-41-59-57(43-55(51)69)71(45-73(59)47-27-29-49-53(39-47)65(11,12)67(15,16)63(49,7)8)37-38-72-46-74(48-28-30-50-54(40-48)66(13,14)68(17,18)64(50,9)10)60-42-52-56(44-58(60)72)70(20,32-26-24-22-2)36-34-62(52,5)6/h27-30,39-46H,21-26,31-38H2,1-20H3/q+2. The van der Waals surface area contributed by atoms with Crippen LogP contribution in [0.15, 0.2) is 73.3 Å². The van der Waals surface area contributed by atoms with E-state index in [1.807, 2.05) is 0 Å². The summed E-state index contributed by atoms with van der Waals surface area (Å²) in [5.41, 5.74) is 21.2. The van der Waals surface area contributed by atoms with Gasteiger partial charge in [-0.05, 0) is 186 Å². The number of unbranched alkanes of at least 4 members (excludes halogenated alkanes) is 4. The van der Waals surface area contributed by atoms with Gasteiger partial charge in [0.15, 0.2) is 22.1 Å². The Labute approximate surface area is 450 Å². The fourth-order valence-electron chi connectivity index (χ4n) is 15.8. The number of nitrogens with zero attached hydrogens (tertiary/aromatic N) is 4. The van der Waals surface area contributed by atoms with Crippen molar-refractivity contribution in [2.75, 3.05) is 0 Å². The molecule has 2 atom stereocenters. The monoisotopic (exact) mass is 997 g/mol. The van der Waals surface area contributed by atoms with Crippen LogP contribution in [0, 0.1) is 10.8 Å². The molecule has 0 saturated heterocycles. The van der Waals surface area contributed by atoms with Gasteiger partial charge in [-0.3, -0.25) is 0 Å². The van der Waals surface area contributed by atoms with Crippen LogP contribution in [0.1, 0.15) is 260 Å². The van der Waals surface area contributed by atoms with E-state index in [1.54, 1.807) is 22.3 Å². The lowest BCUT2D eigenvalue weighted by atomic mass is 9.59. The smallest absolute Gasteiger partial charge is 0.225 e. The summed E-state index contributed by atoms with van der Waals surface area (Å²) >= 11 is 0. The maximum Gasteiger partial charge on any atom is 0.250 e. The van der Waals surface area contributed by atoms with Crippen molar-refractivity contribution in [2.45, 2.75) is 272 Å². The number of benzene rings is 4. The summed E-state index contributed by atoms with van der Waals surface area (Å²) in [7, 11) is 0. The molecule has 398 valence electrons. The minimum absolute atomic E-state index is 0.0224. The normalized spacial score (nSPS) is 25.0. The molecule has 6 aromatic rings. The molecule has 0 spiro atoms. The third-order valence-corrected chi connectivity index (χ3v) is 24.0. The highest BCUT2D eigenvalue weighted by molar-refractivity contribution is 5.79. The van der Waals surface area contributed by atoms with Crippen molar-refractivity contribution in [1.82, 2.24) is 9.13 Å². The molecule has 0 radical (unpaired) electrons. The summed E-state index contributed by atoms with van der Waals surface area (Å²) in [5.74, 6) is 0. The molecule has 4 aliphatic rings. The van der Waals surface area contributed by atoms with Gasteiger partial charge in [0.05, 0.1) is 0 Å². The number of aromatic nitrogens is 4. The first-order chi connectivity index (χ1) is 34.3. The van der Waals surface area contributed by atoms with Crippen LogP contribution >= 0.6 is 0 Å². The maximum absolute atomic E-state index is 2.68. The molecular weight excluding hydrogens is 897 g/mol. The summed E-state index contributed by atoms with van der Waals surface area (Å²) in [6.45, 7) is 51.5. The van der Waals surface area contributed by atoms with E-state index in [-0.39, 0.29) is 54.1 Å². The average Bonchev–Trinajstić information content (AvgIpc) is 3.95. The highest BCUT2D eigenvalue weighted by Crippen LogP contribution is 2.63. The molecule has 0 amide bonds. The molecule has 0 aliphatic heterocycles. The highest BCUT2D eigenvalue weighted by Gasteiger charge is 2.58. The van der Waals surface area contributed by atoms with Crippen LogP contribution in [-0.2, 0) is 56.4 Å². The van der Waals surface area contributed by atoms with Crippen molar-refractivity contribution in [2.24, 2.45) is 10.8 Å². The lowest BCUT2D eigenvalue weighted by molar-refractivity contribution is -0.755. The molecule has 4 heteroatoms. The molecular formula is C70H100N4+2. The summed E-state index contributed by atoms with van der Waals surface area (Å²) in [6.07, 6.45) is 20.1. The van der Waals surface area contributed by atoms with Gasteiger partial charge in [0.25, 0.3) is 0 Å². The van der Waals surface area contributed by atoms with Gasteiger partial charge in [-0.15, -0.1) is 0 Å². The second kappa shape index (κ2) is 17.2. The minimum Gasteiger partial charge on any atom is -0.225 e. The lowest BCUT2D eigenvalue weighted by Crippen LogP contribution is -2.44. The van der Waals surface area contributed by atoms with E-state index < -0.39 is 0 Å². The van der Waals surface area contributed by atoms with Gasteiger partial charge >= 0.3 is 0 Å². The first kappa shape index (κ1) is 53.2. The lowest BCUT2D eigenvalue weighted by Gasteiger charge is -2.44. The van der Waals surface area contributed by atoms with E-state index in [4.69, 9.17) is 0 Å². The molecule has 0 fully saturated rings. The third-order valence-electron chi connectivity index (χ3n) is 24.0. The zero-order valence-corrected chi connectivity index (χ0v) is 50.6. The van der Waals surface area contributed by atoms with Crippen LogP contribution in [0.5, 0.6) is 0 Å². The number of rotatable bonds is 13. The van der Waals surface area contributed by atoms with Crippen molar-refractivity contribution in [1.29, 1.82) is 0 Å². The zero-order valence-electron chi connectivity index (χ0n) is 50.6. The van der Waals surface area contributed by atoms with E-state index in [9.17, 15) is 0 Å². The topological polar surface area (TPSA) is 17.6 Å². The Kier molecular flexibility index (Phi) is 12.3. The first-order valence-electron chi connectivity index (χ1n) is 29.8. The number of hydrogen-bond acceptors (Lipinski definition) is 0. The number of imidazole rings is 2. The Morgan fingerprint density at radius 3 is 1.08 bits per heavy atom. The van der Waals surface area contributed by atoms with Crippen molar-refractivity contribution >= 4 is 22.1 Å². The molecule has 0 bridgehead atoms. The Balaban J connectivity index is 1.17. The number of fused-ring (bicyclic) bond motifs is 6. The van der Waals surface area contributed by atoms with Crippen molar-refractivity contribution in [3.8, 4) is 11.4 Å². The summed E-state index contributed by atoms with van der Waals surface area (Å²) in [5, 5.41) is 0. The van der Waals surface area contributed by atoms with Crippen LogP contribution in [0.3, 0.4) is 0 Å². The summed E-state index contributed by atoms with van der Waals surface area (Å²) in [4.78, 5) is 0. The first-order valence-corrected chi connectivity index (χ1v) is 29.8. The van der Waals surface area contributed by atoms with Crippen molar-refractivity contribution < 1.29 is 9.13 Å². The second-order valence-corrected chi connectivity index (χ2v) is 30.1. The maximum atomic E-state index is 2.68. The van der Waals surface area contributed by atoms with Gasteiger partial charge in [-0.1, -0.05) is 189 Å². The fourth-order valence-corrected chi connectivity index (χ4v) is 15.8. The largest absolute Gasteiger partial charge is 0.250 e. The van der Waals surface area contributed by atoms with E-state index in [2.05, 4.69) is 230 Å². The van der Waals surface area contributed by atoms with E-state index in [0.717, 1.165) is 13.1 Å². The van der Waals surface area contributed by atoms with Gasteiger partial charge in [0, 0.05) is 0 Å². The van der Waals surface area contributed by atoms with Crippen molar-refractivity contribution in [3.05, 3.63) is 118 Å². The molecule has 4 aromatic carbocycles. The van der Waals surface area contributed by atoms with E-state index >= 15 is 0 Å². The Hall–Kier alpha value is -4.18. The average molecular weight is 998 g/mol. The van der Waals surface area contributed by atoms with Gasteiger partial charge < -0.3 is 0 Å². The van der Waals surface area contributed by atoms with E-state index in [1.165, 1.54) is 133 Å².